The standard InChI is InChI=1S/C15H18N4OS/c1-11-7-9-12(10-8-11)16-14-17-15(20)19(21-14)18-13-5-3-2-4-6-13/h7-10H,2-6H2,1H3,(H,16,17,20). The van der Waals surface area contributed by atoms with Gasteiger partial charge in [0.15, 0.2) is 0 Å². The Bertz CT molecular complexity index is 691. The lowest BCUT2D eigenvalue weighted by atomic mass is 9.99. The van der Waals surface area contributed by atoms with E-state index in [0.29, 0.717) is 5.13 Å². The van der Waals surface area contributed by atoms with Crippen LogP contribution in [0.25, 0.3) is 0 Å². The number of aryl methyl sites for hydroxylation is 1. The predicted octanol–water partition coefficient (Wildman–Crippen LogP) is 3.53. The van der Waals surface area contributed by atoms with Crippen LogP contribution in [0.1, 0.15) is 37.7 Å². The molecule has 5 nitrogen and oxygen atoms in total. The van der Waals surface area contributed by atoms with Gasteiger partial charge < -0.3 is 5.32 Å². The van der Waals surface area contributed by atoms with Crippen molar-refractivity contribution in [1.82, 2.24) is 9.05 Å². The van der Waals surface area contributed by atoms with Crippen molar-refractivity contribution in [3.63, 3.8) is 0 Å². The van der Waals surface area contributed by atoms with Crippen LogP contribution in [-0.4, -0.2) is 14.8 Å². The van der Waals surface area contributed by atoms with Gasteiger partial charge in [-0.15, -0.1) is 4.07 Å². The van der Waals surface area contributed by atoms with Gasteiger partial charge in [-0.2, -0.15) is 10.1 Å². The van der Waals surface area contributed by atoms with Crippen molar-refractivity contribution in [2.75, 3.05) is 5.32 Å². The molecular formula is C15H18N4OS. The fraction of sp³-hybridized carbons (Fsp3) is 0.400. The summed E-state index contributed by atoms with van der Waals surface area (Å²) in [7, 11) is 0. The first-order valence-electron chi connectivity index (χ1n) is 7.21. The van der Waals surface area contributed by atoms with Gasteiger partial charge in [0, 0.05) is 22.9 Å². The second kappa shape index (κ2) is 6.22. The maximum atomic E-state index is 11.9. The smallest absolute Gasteiger partial charge is 0.330 e. The monoisotopic (exact) mass is 302 g/mol. The molecule has 0 bridgehead atoms. The van der Waals surface area contributed by atoms with Gasteiger partial charge >= 0.3 is 5.69 Å². The largest absolute Gasteiger partial charge is 0.380 e. The minimum absolute atomic E-state index is 0.312. The van der Waals surface area contributed by atoms with Crippen LogP contribution >= 0.6 is 11.5 Å². The van der Waals surface area contributed by atoms with E-state index in [9.17, 15) is 4.79 Å². The molecule has 0 aliphatic heterocycles. The lowest BCUT2D eigenvalue weighted by Crippen LogP contribution is -2.15. The Labute approximate surface area is 127 Å². The Kier molecular flexibility index (Phi) is 4.15. The second-order valence-electron chi connectivity index (χ2n) is 5.28. The highest BCUT2D eigenvalue weighted by atomic mass is 32.1. The van der Waals surface area contributed by atoms with Gasteiger partial charge in [0.25, 0.3) is 0 Å². The Balaban J connectivity index is 1.77. The van der Waals surface area contributed by atoms with E-state index >= 15 is 0 Å². The van der Waals surface area contributed by atoms with E-state index in [1.54, 1.807) is 0 Å². The molecule has 1 aliphatic carbocycles. The van der Waals surface area contributed by atoms with Crippen LogP contribution in [0.2, 0.25) is 0 Å². The number of hydrogen-bond donors (Lipinski definition) is 1. The van der Waals surface area contributed by atoms with Gasteiger partial charge in [-0.3, -0.25) is 0 Å². The molecule has 1 aliphatic rings. The van der Waals surface area contributed by atoms with E-state index in [-0.39, 0.29) is 5.69 Å². The maximum absolute atomic E-state index is 11.9. The topological polar surface area (TPSA) is 59.3 Å². The van der Waals surface area contributed by atoms with E-state index in [4.69, 9.17) is 0 Å². The first kappa shape index (κ1) is 14.0. The number of benzene rings is 1. The van der Waals surface area contributed by atoms with Gasteiger partial charge in [-0.05, 0) is 44.7 Å². The number of nitrogens with zero attached hydrogens (tertiary/aromatic N) is 3. The molecule has 21 heavy (non-hydrogen) atoms. The third-order valence-electron chi connectivity index (χ3n) is 3.50. The van der Waals surface area contributed by atoms with Gasteiger partial charge in [0.05, 0.1) is 0 Å². The molecule has 6 heteroatoms. The van der Waals surface area contributed by atoms with Crippen molar-refractivity contribution in [3.8, 4) is 0 Å². The van der Waals surface area contributed by atoms with Crippen LogP contribution in [0.15, 0.2) is 34.2 Å². The number of hydrogen-bond acceptors (Lipinski definition) is 5. The Morgan fingerprint density at radius 3 is 2.62 bits per heavy atom. The van der Waals surface area contributed by atoms with Crippen LogP contribution in [0.4, 0.5) is 10.8 Å². The predicted molar refractivity (Wildman–Crippen MR) is 86.8 cm³/mol. The average molecular weight is 302 g/mol. The molecule has 0 atom stereocenters. The summed E-state index contributed by atoms with van der Waals surface area (Å²) in [5.41, 5.74) is 2.91. The second-order valence-corrected chi connectivity index (χ2v) is 6.20. The van der Waals surface area contributed by atoms with Crippen LogP contribution in [0.3, 0.4) is 0 Å². The van der Waals surface area contributed by atoms with E-state index in [1.165, 1.54) is 40.4 Å². The molecule has 110 valence electrons. The first-order chi connectivity index (χ1) is 10.2. The van der Waals surface area contributed by atoms with E-state index in [2.05, 4.69) is 15.4 Å². The highest BCUT2D eigenvalue weighted by molar-refractivity contribution is 7.10. The number of aromatic nitrogens is 2. The Morgan fingerprint density at radius 2 is 1.90 bits per heavy atom. The molecule has 1 heterocycles. The number of anilines is 2. The SMILES string of the molecule is Cc1ccc(Nc2nc(=O)n(N=C3CCCCC3)s2)cc1. The first-order valence-corrected chi connectivity index (χ1v) is 7.99. The highest BCUT2D eigenvalue weighted by Crippen LogP contribution is 2.19. The molecule has 0 radical (unpaired) electrons. The van der Waals surface area contributed by atoms with Crippen molar-refractivity contribution < 1.29 is 0 Å². The number of rotatable bonds is 3. The van der Waals surface area contributed by atoms with Crippen molar-refractivity contribution in [2.24, 2.45) is 5.10 Å². The zero-order chi connectivity index (χ0) is 14.7. The van der Waals surface area contributed by atoms with E-state index in [0.717, 1.165) is 24.2 Å². The van der Waals surface area contributed by atoms with Crippen molar-refractivity contribution in [3.05, 3.63) is 40.3 Å². The fourth-order valence-electron chi connectivity index (χ4n) is 2.33. The summed E-state index contributed by atoms with van der Waals surface area (Å²) < 4.78 is 1.39. The quantitative estimate of drug-likeness (QED) is 0.943. The summed E-state index contributed by atoms with van der Waals surface area (Å²) in [6.45, 7) is 2.04. The minimum atomic E-state index is -0.312. The van der Waals surface area contributed by atoms with Gasteiger partial charge in [0.1, 0.15) is 0 Å². The van der Waals surface area contributed by atoms with Gasteiger partial charge in [-0.25, -0.2) is 4.79 Å². The van der Waals surface area contributed by atoms with Crippen LogP contribution in [0.5, 0.6) is 0 Å². The summed E-state index contributed by atoms with van der Waals surface area (Å²) in [6, 6.07) is 7.98. The third-order valence-corrected chi connectivity index (χ3v) is 4.28. The summed E-state index contributed by atoms with van der Waals surface area (Å²) in [5, 5.41) is 8.15. The summed E-state index contributed by atoms with van der Waals surface area (Å²) in [4.78, 5) is 15.9. The van der Waals surface area contributed by atoms with Crippen LogP contribution < -0.4 is 11.0 Å². The van der Waals surface area contributed by atoms with Gasteiger partial charge in [0.2, 0.25) is 5.13 Å². The van der Waals surface area contributed by atoms with E-state index in [1.807, 2.05) is 31.2 Å². The molecule has 2 aromatic rings. The lowest BCUT2D eigenvalue weighted by Gasteiger charge is -2.10. The zero-order valence-corrected chi connectivity index (χ0v) is 12.8. The molecular weight excluding hydrogens is 284 g/mol. The molecule has 1 saturated carbocycles. The van der Waals surface area contributed by atoms with Crippen molar-refractivity contribution in [2.45, 2.75) is 39.0 Å². The van der Waals surface area contributed by atoms with Crippen LogP contribution in [-0.2, 0) is 0 Å². The Morgan fingerprint density at radius 1 is 1.19 bits per heavy atom. The molecule has 1 aromatic heterocycles. The molecule has 3 rings (SSSR count). The van der Waals surface area contributed by atoms with Crippen molar-refractivity contribution >= 4 is 28.1 Å². The molecule has 0 saturated heterocycles. The molecule has 1 N–H and O–H groups in total. The summed E-state index contributed by atoms with van der Waals surface area (Å²) in [5.74, 6) is 0. The average Bonchev–Trinajstić information content (AvgIpc) is 2.82. The molecule has 0 amide bonds. The molecule has 0 unspecified atom stereocenters. The normalized spacial score (nSPS) is 15.0. The maximum Gasteiger partial charge on any atom is 0.380 e. The fourth-order valence-corrected chi connectivity index (χ4v) is 3.06. The molecule has 0 spiro atoms. The van der Waals surface area contributed by atoms with E-state index < -0.39 is 0 Å². The zero-order valence-electron chi connectivity index (χ0n) is 12.0. The van der Waals surface area contributed by atoms with Gasteiger partial charge in [-0.1, -0.05) is 24.1 Å². The summed E-state index contributed by atoms with van der Waals surface area (Å²) >= 11 is 1.25. The molecule has 1 fully saturated rings. The lowest BCUT2D eigenvalue weighted by molar-refractivity contribution is 0.658. The molecule has 1 aromatic carbocycles. The third kappa shape index (κ3) is 3.58. The van der Waals surface area contributed by atoms with Crippen LogP contribution in [0, 0.1) is 6.92 Å². The number of nitrogens with one attached hydrogen (secondary N) is 1. The summed E-state index contributed by atoms with van der Waals surface area (Å²) in [6.07, 6.45) is 5.58. The highest BCUT2D eigenvalue weighted by Gasteiger charge is 2.10. The minimum Gasteiger partial charge on any atom is -0.330 e. The Hall–Kier alpha value is -1.95. The van der Waals surface area contributed by atoms with Crippen molar-refractivity contribution in [1.29, 1.82) is 0 Å².